The SMILES string of the molecule is C=CCCC(=O)N1CCC(n2nccc2NC(=O)c2ccc3c(c2)OCO3)CC1. The highest BCUT2D eigenvalue weighted by molar-refractivity contribution is 6.04. The number of piperidine rings is 1. The van der Waals surface area contributed by atoms with Gasteiger partial charge in [0.15, 0.2) is 11.5 Å². The molecule has 2 aliphatic rings. The maximum Gasteiger partial charge on any atom is 0.256 e. The first-order valence-corrected chi connectivity index (χ1v) is 9.79. The van der Waals surface area contributed by atoms with Crippen LogP contribution in [0.3, 0.4) is 0 Å². The number of fused-ring (bicyclic) bond motifs is 1. The van der Waals surface area contributed by atoms with Crippen LogP contribution in [0.1, 0.15) is 42.1 Å². The van der Waals surface area contributed by atoms with Crippen LogP contribution in [-0.2, 0) is 4.79 Å². The van der Waals surface area contributed by atoms with Gasteiger partial charge in [-0.15, -0.1) is 6.58 Å². The quantitative estimate of drug-likeness (QED) is 0.759. The molecule has 8 heteroatoms. The average Bonchev–Trinajstić information content (AvgIpc) is 3.40. The summed E-state index contributed by atoms with van der Waals surface area (Å²) in [5, 5.41) is 7.34. The molecule has 0 bridgehead atoms. The maximum absolute atomic E-state index is 12.7. The van der Waals surface area contributed by atoms with Crippen LogP contribution in [-0.4, -0.2) is 46.4 Å². The molecule has 2 aromatic rings. The number of nitrogens with zero attached hydrogens (tertiary/aromatic N) is 3. The van der Waals surface area contributed by atoms with Crippen LogP contribution in [0.5, 0.6) is 11.5 Å². The Morgan fingerprint density at radius 2 is 2.00 bits per heavy atom. The van der Waals surface area contributed by atoms with Crippen molar-refractivity contribution in [3.63, 3.8) is 0 Å². The minimum Gasteiger partial charge on any atom is -0.454 e. The minimum atomic E-state index is -0.234. The van der Waals surface area contributed by atoms with E-state index in [0.29, 0.717) is 48.8 Å². The third-order valence-electron chi connectivity index (χ3n) is 5.27. The van der Waals surface area contributed by atoms with Crippen LogP contribution < -0.4 is 14.8 Å². The summed E-state index contributed by atoms with van der Waals surface area (Å²) in [6.45, 7) is 5.22. The van der Waals surface area contributed by atoms with Gasteiger partial charge in [-0.05, 0) is 37.5 Å². The second-order valence-electron chi connectivity index (χ2n) is 7.12. The van der Waals surface area contributed by atoms with Gasteiger partial charge in [0.2, 0.25) is 12.7 Å². The predicted octanol–water partition coefficient (Wildman–Crippen LogP) is 2.99. The largest absolute Gasteiger partial charge is 0.454 e. The molecule has 0 aliphatic carbocycles. The van der Waals surface area contributed by atoms with Crippen molar-refractivity contribution in [1.29, 1.82) is 0 Å². The van der Waals surface area contributed by atoms with E-state index >= 15 is 0 Å². The molecule has 1 fully saturated rings. The van der Waals surface area contributed by atoms with Crippen molar-refractivity contribution in [3.05, 3.63) is 48.7 Å². The van der Waals surface area contributed by atoms with Crippen molar-refractivity contribution in [2.45, 2.75) is 31.7 Å². The van der Waals surface area contributed by atoms with Crippen molar-refractivity contribution in [3.8, 4) is 11.5 Å². The van der Waals surface area contributed by atoms with Gasteiger partial charge in [-0.1, -0.05) is 6.08 Å². The van der Waals surface area contributed by atoms with E-state index in [0.717, 1.165) is 12.8 Å². The Bertz CT molecular complexity index is 915. The summed E-state index contributed by atoms with van der Waals surface area (Å²) in [5.74, 6) is 1.78. The number of amides is 2. The first kappa shape index (κ1) is 19.0. The highest BCUT2D eigenvalue weighted by Gasteiger charge is 2.25. The van der Waals surface area contributed by atoms with E-state index in [1.54, 1.807) is 36.5 Å². The molecule has 29 heavy (non-hydrogen) atoms. The van der Waals surface area contributed by atoms with Gasteiger partial charge in [-0.3, -0.25) is 9.59 Å². The van der Waals surface area contributed by atoms with Crippen LogP contribution >= 0.6 is 0 Å². The van der Waals surface area contributed by atoms with E-state index in [1.165, 1.54) is 0 Å². The number of hydrogen-bond donors (Lipinski definition) is 1. The molecule has 4 rings (SSSR count). The first-order chi connectivity index (χ1) is 14.2. The molecular formula is C21H24N4O4. The van der Waals surface area contributed by atoms with E-state index in [9.17, 15) is 9.59 Å². The second kappa shape index (κ2) is 8.38. The van der Waals surface area contributed by atoms with Crippen molar-refractivity contribution in [2.24, 2.45) is 0 Å². The highest BCUT2D eigenvalue weighted by atomic mass is 16.7. The van der Waals surface area contributed by atoms with Gasteiger partial charge < -0.3 is 19.7 Å². The van der Waals surface area contributed by atoms with E-state index < -0.39 is 0 Å². The van der Waals surface area contributed by atoms with Crippen LogP contribution in [0.15, 0.2) is 43.1 Å². The van der Waals surface area contributed by atoms with Gasteiger partial charge in [0, 0.05) is 31.1 Å². The normalized spacial score (nSPS) is 15.9. The van der Waals surface area contributed by atoms with Crippen molar-refractivity contribution in [2.75, 3.05) is 25.2 Å². The minimum absolute atomic E-state index is 0.139. The Kier molecular flexibility index (Phi) is 5.50. The van der Waals surface area contributed by atoms with Crippen LogP contribution in [0.2, 0.25) is 0 Å². The van der Waals surface area contributed by atoms with Gasteiger partial charge in [0.05, 0.1) is 12.2 Å². The van der Waals surface area contributed by atoms with Gasteiger partial charge in [-0.25, -0.2) is 4.68 Å². The number of allylic oxidation sites excluding steroid dienone is 1. The Hall–Kier alpha value is -3.29. The topological polar surface area (TPSA) is 85.7 Å². The molecule has 8 nitrogen and oxygen atoms in total. The Morgan fingerprint density at radius 3 is 2.79 bits per heavy atom. The Labute approximate surface area is 169 Å². The molecule has 1 N–H and O–H groups in total. The van der Waals surface area contributed by atoms with Crippen LogP contribution in [0.4, 0.5) is 5.82 Å². The van der Waals surface area contributed by atoms with E-state index in [-0.39, 0.29) is 24.6 Å². The number of ether oxygens (including phenoxy) is 2. The lowest BCUT2D eigenvalue weighted by molar-refractivity contribution is -0.132. The Morgan fingerprint density at radius 1 is 1.21 bits per heavy atom. The van der Waals surface area contributed by atoms with Gasteiger partial charge in [0.25, 0.3) is 5.91 Å². The summed E-state index contributed by atoms with van der Waals surface area (Å²) in [6.07, 6.45) is 6.25. The lowest BCUT2D eigenvalue weighted by atomic mass is 10.0. The number of carbonyl (C=O) groups excluding carboxylic acids is 2. The molecule has 0 saturated carbocycles. The van der Waals surface area contributed by atoms with E-state index in [1.807, 2.05) is 9.58 Å². The highest BCUT2D eigenvalue weighted by Crippen LogP contribution is 2.33. The molecule has 0 radical (unpaired) electrons. The smallest absolute Gasteiger partial charge is 0.256 e. The van der Waals surface area contributed by atoms with Gasteiger partial charge in [-0.2, -0.15) is 5.10 Å². The standard InChI is InChI=1S/C21H24N4O4/c1-2-3-4-20(26)24-11-8-16(9-12-24)25-19(7-10-22-25)23-21(27)15-5-6-17-18(13-15)29-14-28-17/h2,5-7,10,13,16H,1,3-4,8-9,11-12,14H2,(H,23,27). The zero-order chi connectivity index (χ0) is 20.2. The summed E-state index contributed by atoms with van der Waals surface area (Å²) >= 11 is 0. The summed E-state index contributed by atoms with van der Waals surface area (Å²) in [5.41, 5.74) is 0.490. The third kappa shape index (κ3) is 4.11. The molecule has 3 heterocycles. The van der Waals surface area contributed by atoms with Crippen LogP contribution in [0, 0.1) is 0 Å². The summed E-state index contributed by atoms with van der Waals surface area (Å²) < 4.78 is 12.5. The summed E-state index contributed by atoms with van der Waals surface area (Å²) in [4.78, 5) is 26.8. The zero-order valence-corrected chi connectivity index (χ0v) is 16.2. The molecule has 1 aromatic carbocycles. The molecule has 0 spiro atoms. The van der Waals surface area contributed by atoms with Gasteiger partial charge >= 0.3 is 0 Å². The van der Waals surface area contributed by atoms with Crippen molar-refractivity contribution in [1.82, 2.24) is 14.7 Å². The fraction of sp³-hybridized carbons (Fsp3) is 0.381. The lowest BCUT2D eigenvalue weighted by Gasteiger charge is -2.32. The maximum atomic E-state index is 12.7. The molecule has 2 amide bonds. The van der Waals surface area contributed by atoms with E-state index in [2.05, 4.69) is 17.0 Å². The molecule has 1 saturated heterocycles. The number of benzene rings is 1. The third-order valence-corrected chi connectivity index (χ3v) is 5.27. The number of nitrogens with one attached hydrogen (secondary N) is 1. The van der Waals surface area contributed by atoms with Crippen LogP contribution in [0.25, 0.3) is 0 Å². The number of anilines is 1. The van der Waals surface area contributed by atoms with Crippen molar-refractivity contribution >= 4 is 17.6 Å². The number of rotatable bonds is 6. The molecule has 0 unspecified atom stereocenters. The molecular weight excluding hydrogens is 372 g/mol. The lowest BCUT2D eigenvalue weighted by Crippen LogP contribution is -2.39. The number of likely N-dealkylation sites (tertiary alicyclic amines) is 1. The zero-order valence-electron chi connectivity index (χ0n) is 16.2. The second-order valence-corrected chi connectivity index (χ2v) is 7.12. The van der Waals surface area contributed by atoms with Gasteiger partial charge in [0.1, 0.15) is 5.82 Å². The van der Waals surface area contributed by atoms with Crippen molar-refractivity contribution < 1.29 is 19.1 Å². The Balaban J connectivity index is 1.38. The fourth-order valence-electron chi connectivity index (χ4n) is 3.67. The monoisotopic (exact) mass is 396 g/mol. The predicted molar refractivity (Wildman–Crippen MR) is 107 cm³/mol. The molecule has 0 atom stereocenters. The molecule has 2 aliphatic heterocycles. The molecule has 152 valence electrons. The van der Waals surface area contributed by atoms with E-state index in [4.69, 9.17) is 9.47 Å². The number of carbonyl (C=O) groups is 2. The molecule has 1 aromatic heterocycles. The first-order valence-electron chi connectivity index (χ1n) is 9.79. The number of hydrogen-bond acceptors (Lipinski definition) is 5. The summed E-state index contributed by atoms with van der Waals surface area (Å²) in [6, 6.07) is 7.03. The number of aromatic nitrogens is 2. The fourth-order valence-corrected chi connectivity index (χ4v) is 3.67. The summed E-state index contributed by atoms with van der Waals surface area (Å²) in [7, 11) is 0. The average molecular weight is 396 g/mol.